The van der Waals surface area contributed by atoms with Crippen LogP contribution in [0.25, 0.3) is 11.0 Å². The van der Waals surface area contributed by atoms with Gasteiger partial charge in [-0.25, -0.2) is 4.98 Å². The first-order valence-corrected chi connectivity index (χ1v) is 9.01. The van der Waals surface area contributed by atoms with Crippen molar-refractivity contribution in [3.63, 3.8) is 0 Å². The van der Waals surface area contributed by atoms with Crippen LogP contribution in [0.3, 0.4) is 0 Å². The van der Waals surface area contributed by atoms with Crippen molar-refractivity contribution in [1.29, 1.82) is 0 Å². The molecule has 5 nitrogen and oxygen atoms in total. The lowest BCUT2D eigenvalue weighted by molar-refractivity contribution is 0.102. The lowest BCUT2D eigenvalue weighted by Gasteiger charge is -2.11. The first-order valence-electron chi connectivity index (χ1n) is 9.01. The van der Waals surface area contributed by atoms with Crippen LogP contribution in [-0.4, -0.2) is 28.7 Å². The van der Waals surface area contributed by atoms with Crippen molar-refractivity contribution < 1.29 is 9.53 Å². The molecule has 0 aliphatic carbocycles. The van der Waals surface area contributed by atoms with Gasteiger partial charge in [0.2, 0.25) is 5.95 Å². The Morgan fingerprint density at radius 2 is 2.00 bits per heavy atom. The maximum absolute atomic E-state index is 12.8. The minimum atomic E-state index is -0.135. The Hall–Kier alpha value is -2.66. The van der Waals surface area contributed by atoms with Crippen molar-refractivity contribution in [2.45, 2.75) is 33.7 Å². The number of aryl methyl sites for hydroxylation is 3. The van der Waals surface area contributed by atoms with Gasteiger partial charge in [0.25, 0.3) is 5.91 Å². The van der Waals surface area contributed by atoms with E-state index in [0.29, 0.717) is 24.7 Å². The van der Waals surface area contributed by atoms with Gasteiger partial charge in [-0.05, 0) is 51.0 Å². The molecular weight excluding hydrogens is 326 g/mol. The Labute approximate surface area is 154 Å². The Bertz CT molecular complexity index is 915. The molecule has 3 rings (SSSR count). The predicted molar refractivity (Wildman–Crippen MR) is 105 cm³/mol. The number of aromatic nitrogens is 2. The fourth-order valence-corrected chi connectivity index (χ4v) is 3.10. The lowest BCUT2D eigenvalue weighted by Crippen LogP contribution is -2.17. The summed E-state index contributed by atoms with van der Waals surface area (Å²) in [5.74, 6) is 0.441. The molecule has 136 valence electrons. The summed E-state index contributed by atoms with van der Waals surface area (Å²) in [6, 6.07) is 13.8. The van der Waals surface area contributed by atoms with E-state index in [2.05, 4.69) is 14.9 Å². The van der Waals surface area contributed by atoms with Gasteiger partial charge in [0.15, 0.2) is 0 Å². The zero-order valence-corrected chi connectivity index (χ0v) is 15.6. The van der Waals surface area contributed by atoms with Gasteiger partial charge in [-0.3, -0.25) is 10.1 Å². The van der Waals surface area contributed by atoms with E-state index < -0.39 is 0 Å². The van der Waals surface area contributed by atoms with Gasteiger partial charge in [0, 0.05) is 25.3 Å². The van der Waals surface area contributed by atoms with E-state index in [9.17, 15) is 4.79 Å². The number of hydrogen-bond acceptors (Lipinski definition) is 3. The molecule has 2 aromatic carbocycles. The summed E-state index contributed by atoms with van der Waals surface area (Å²) in [6.07, 6.45) is 0.862. The van der Waals surface area contributed by atoms with Crippen LogP contribution in [-0.2, 0) is 11.3 Å². The fraction of sp³-hybridized carbons (Fsp3) is 0.333. The van der Waals surface area contributed by atoms with Gasteiger partial charge in [-0.15, -0.1) is 0 Å². The third kappa shape index (κ3) is 3.94. The number of carbonyl (C=O) groups excluding carboxylic acids is 1. The van der Waals surface area contributed by atoms with E-state index in [1.165, 1.54) is 0 Å². The van der Waals surface area contributed by atoms with Crippen LogP contribution in [0.15, 0.2) is 42.5 Å². The molecule has 0 saturated heterocycles. The Morgan fingerprint density at radius 1 is 1.19 bits per heavy atom. The molecular formula is C21H25N3O2. The molecule has 1 N–H and O–H groups in total. The number of hydrogen-bond donors (Lipinski definition) is 1. The van der Waals surface area contributed by atoms with Gasteiger partial charge in [0.05, 0.1) is 11.0 Å². The van der Waals surface area contributed by atoms with Crippen LogP contribution in [0.1, 0.15) is 34.8 Å². The van der Waals surface area contributed by atoms with Gasteiger partial charge >= 0.3 is 0 Å². The maximum atomic E-state index is 12.8. The van der Waals surface area contributed by atoms with Crippen molar-refractivity contribution >= 4 is 22.9 Å². The average molecular weight is 351 g/mol. The zero-order chi connectivity index (χ0) is 18.5. The summed E-state index contributed by atoms with van der Waals surface area (Å²) in [5, 5.41) is 2.99. The van der Waals surface area contributed by atoms with E-state index in [4.69, 9.17) is 4.74 Å². The molecule has 1 aromatic heterocycles. The normalized spacial score (nSPS) is 11.0. The van der Waals surface area contributed by atoms with E-state index in [1.54, 1.807) is 0 Å². The zero-order valence-electron chi connectivity index (χ0n) is 15.6. The number of anilines is 1. The minimum Gasteiger partial charge on any atom is -0.382 e. The predicted octanol–water partition coefficient (Wildman–Crippen LogP) is 4.33. The van der Waals surface area contributed by atoms with Gasteiger partial charge in [-0.1, -0.05) is 29.8 Å². The summed E-state index contributed by atoms with van der Waals surface area (Å²) >= 11 is 0. The molecule has 1 amide bonds. The second kappa shape index (κ2) is 8.15. The Morgan fingerprint density at radius 3 is 2.77 bits per heavy atom. The van der Waals surface area contributed by atoms with Crippen LogP contribution in [0.5, 0.6) is 0 Å². The van der Waals surface area contributed by atoms with E-state index in [-0.39, 0.29) is 5.91 Å². The molecule has 0 aliphatic rings. The molecule has 0 unspecified atom stereocenters. The summed E-state index contributed by atoms with van der Waals surface area (Å²) < 4.78 is 7.49. The molecule has 26 heavy (non-hydrogen) atoms. The number of ether oxygens (including phenoxy) is 1. The van der Waals surface area contributed by atoms with Crippen molar-refractivity contribution in [2.24, 2.45) is 0 Å². The average Bonchev–Trinajstić information content (AvgIpc) is 2.96. The van der Waals surface area contributed by atoms with Gasteiger partial charge in [-0.2, -0.15) is 0 Å². The van der Waals surface area contributed by atoms with Gasteiger partial charge < -0.3 is 9.30 Å². The third-order valence-corrected chi connectivity index (χ3v) is 4.38. The van der Waals surface area contributed by atoms with Crippen LogP contribution in [0.4, 0.5) is 5.95 Å². The number of imidazole rings is 1. The highest BCUT2D eigenvalue weighted by Crippen LogP contribution is 2.21. The second-order valence-electron chi connectivity index (χ2n) is 6.40. The standard InChI is InChI=1S/C21H25N3O2/c1-4-26-13-7-12-24-19-9-6-5-8-18(19)22-21(24)23-20(25)17-11-10-15(2)14-16(17)3/h5-6,8-11,14H,4,7,12-13H2,1-3H3,(H,22,23,25). The molecule has 0 spiro atoms. The number of nitrogens with one attached hydrogen (secondary N) is 1. The maximum Gasteiger partial charge on any atom is 0.258 e. The minimum absolute atomic E-state index is 0.135. The van der Waals surface area contributed by atoms with Crippen molar-refractivity contribution in [3.8, 4) is 0 Å². The molecule has 0 bridgehead atoms. The highest BCUT2D eigenvalue weighted by atomic mass is 16.5. The highest BCUT2D eigenvalue weighted by molar-refractivity contribution is 6.05. The molecule has 3 aromatic rings. The molecule has 0 aliphatic heterocycles. The third-order valence-electron chi connectivity index (χ3n) is 4.38. The number of rotatable bonds is 7. The van der Waals surface area contributed by atoms with Crippen LogP contribution < -0.4 is 5.32 Å². The van der Waals surface area contributed by atoms with Gasteiger partial charge in [0.1, 0.15) is 0 Å². The van der Waals surface area contributed by atoms with E-state index in [0.717, 1.165) is 35.1 Å². The van der Waals surface area contributed by atoms with Crippen LogP contribution in [0, 0.1) is 13.8 Å². The smallest absolute Gasteiger partial charge is 0.258 e. The summed E-state index contributed by atoms with van der Waals surface area (Å²) in [4.78, 5) is 17.4. The van der Waals surface area contributed by atoms with Crippen LogP contribution in [0.2, 0.25) is 0 Å². The first-order chi connectivity index (χ1) is 12.6. The highest BCUT2D eigenvalue weighted by Gasteiger charge is 2.15. The monoisotopic (exact) mass is 351 g/mol. The summed E-state index contributed by atoms with van der Waals surface area (Å²) in [7, 11) is 0. The SMILES string of the molecule is CCOCCCn1c(NC(=O)c2ccc(C)cc2C)nc2ccccc21. The number of benzene rings is 2. The Balaban J connectivity index is 1.87. The number of para-hydroxylation sites is 2. The molecule has 0 radical (unpaired) electrons. The van der Waals surface area contributed by atoms with Crippen molar-refractivity contribution in [2.75, 3.05) is 18.5 Å². The van der Waals surface area contributed by atoms with Crippen molar-refractivity contribution in [1.82, 2.24) is 9.55 Å². The molecule has 5 heteroatoms. The van der Waals surface area contributed by atoms with Crippen LogP contribution >= 0.6 is 0 Å². The second-order valence-corrected chi connectivity index (χ2v) is 6.40. The van der Waals surface area contributed by atoms with Crippen molar-refractivity contribution in [3.05, 3.63) is 59.2 Å². The Kier molecular flexibility index (Phi) is 5.68. The topological polar surface area (TPSA) is 56.1 Å². The van der Waals surface area contributed by atoms with E-state index in [1.807, 2.05) is 63.2 Å². The molecule has 1 heterocycles. The lowest BCUT2D eigenvalue weighted by atomic mass is 10.1. The molecule has 0 saturated carbocycles. The summed E-state index contributed by atoms with van der Waals surface area (Å²) in [6.45, 7) is 8.10. The summed E-state index contributed by atoms with van der Waals surface area (Å²) in [5.41, 5.74) is 4.66. The van der Waals surface area contributed by atoms with E-state index >= 15 is 0 Å². The molecule has 0 fully saturated rings. The first kappa shape index (κ1) is 18.1. The molecule has 0 atom stereocenters. The number of amides is 1. The number of fused-ring (bicyclic) bond motifs is 1. The quantitative estimate of drug-likeness (QED) is 0.645. The number of nitrogens with zero attached hydrogens (tertiary/aromatic N) is 2. The number of carbonyl (C=O) groups is 1. The largest absolute Gasteiger partial charge is 0.382 e. The fourth-order valence-electron chi connectivity index (χ4n) is 3.10.